The van der Waals surface area contributed by atoms with Gasteiger partial charge in [0.1, 0.15) is 0 Å². The zero-order valence-electron chi connectivity index (χ0n) is 18.3. The smallest absolute Gasteiger partial charge is 0.274 e. The largest absolute Gasteiger partial charge is 0.354 e. The molecule has 0 saturated heterocycles. The Balaban J connectivity index is 1.83. The highest BCUT2D eigenvalue weighted by Gasteiger charge is 2.29. The number of carbonyl (C=O) groups is 2. The molecule has 7 heteroatoms. The van der Waals surface area contributed by atoms with Gasteiger partial charge < -0.3 is 10.6 Å². The summed E-state index contributed by atoms with van der Waals surface area (Å²) < 4.78 is 1.39. The van der Waals surface area contributed by atoms with Crippen LogP contribution >= 0.6 is 0 Å². The van der Waals surface area contributed by atoms with Crippen molar-refractivity contribution in [2.24, 2.45) is 11.8 Å². The minimum absolute atomic E-state index is 0.0537. The van der Waals surface area contributed by atoms with Crippen molar-refractivity contribution in [1.29, 1.82) is 0 Å². The molecule has 2 N–H and O–H groups in total. The molecule has 7 nitrogen and oxygen atoms in total. The quantitative estimate of drug-likeness (QED) is 0.763. The number of hydrogen-bond donors (Lipinski definition) is 2. The molecule has 1 aliphatic rings. The van der Waals surface area contributed by atoms with Crippen LogP contribution in [0.4, 0.5) is 0 Å². The highest BCUT2D eigenvalue weighted by atomic mass is 16.2. The van der Waals surface area contributed by atoms with Crippen LogP contribution in [0.1, 0.15) is 63.9 Å². The van der Waals surface area contributed by atoms with E-state index in [2.05, 4.69) is 15.7 Å². The zero-order chi connectivity index (χ0) is 21.8. The Kier molecular flexibility index (Phi) is 6.90. The van der Waals surface area contributed by atoms with E-state index in [4.69, 9.17) is 0 Å². The van der Waals surface area contributed by atoms with Crippen molar-refractivity contribution in [3.63, 3.8) is 0 Å². The van der Waals surface area contributed by atoms with Crippen molar-refractivity contribution >= 4 is 22.6 Å². The lowest BCUT2D eigenvalue weighted by Gasteiger charge is -2.29. The van der Waals surface area contributed by atoms with Gasteiger partial charge in [0, 0.05) is 29.9 Å². The lowest BCUT2D eigenvalue weighted by molar-refractivity contribution is -0.126. The highest BCUT2D eigenvalue weighted by molar-refractivity contribution is 6.04. The number of rotatable bonds is 6. The van der Waals surface area contributed by atoms with Crippen molar-refractivity contribution in [3.05, 3.63) is 40.3 Å². The molecule has 2 aromatic rings. The number of aromatic nitrogens is 2. The van der Waals surface area contributed by atoms with Crippen LogP contribution in [0.25, 0.3) is 10.8 Å². The van der Waals surface area contributed by atoms with Crippen molar-refractivity contribution in [2.75, 3.05) is 0 Å². The molecule has 1 aliphatic carbocycles. The lowest BCUT2D eigenvalue weighted by atomic mass is 9.85. The Labute approximate surface area is 177 Å². The zero-order valence-corrected chi connectivity index (χ0v) is 18.3. The predicted octanol–water partition coefficient (Wildman–Crippen LogP) is 2.87. The molecule has 2 atom stereocenters. The number of hydrogen-bond acceptors (Lipinski definition) is 4. The van der Waals surface area contributed by atoms with Gasteiger partial charge >= 0.3 is 0 Å². The number of nitrogens with one attached hydrogen (secondary N) is 2. The summed E-state index contributed by atoms with van der Waals surface area (Å²) in [5, 5.41) is 11.5. The number of nitrogens with zero attached hydrogens (tertiary/aromatic N) is 2. The van der Waals surface area contributed by atoms with Gasteiger partial charge in [0.2, 0.25) is 5.91 Å². The fourth-order valence-corrected chi connectivity index (χ4v) is 4.09. The maximum atomic E-state index is 13.1. The molecule has 0 aliphatic heterocycles. The van der Waals surface area contributed by atoms with Gasteiger partial charge in [0.05, 0.1) is 5.39 Å². The molecular formula is C23H32N4O3. The minimum Gasteiger partial charge on any atom is -0.354 e. The molecular weight excluding hydrogens is 380 g/mol. The van der Waals surface area contributed by atoms with Crippen LogP contribution in [0.5, 0.6) is 0 Å². The van der Waals surface area contributed by atoms with Gasteiger partial charge in [-0.2, -0.15) is 5.10 Å². The molecule has 1 heterocycles. The van der Waals surface area contributed by atoms with E-state index in [0.29, 0.717) is 23.7 Å². The van der Waals surface area contributed by atoms with Crippen LogP contribution in [0.15, 0.2) is 29.1 Å². The van der Waals surface area contributed by atoms with Crippen molar-refractivity contribution in [2.45, 2.75) is 72.0 Å². The molecule has 1 aromatic carbocycles. The van der Waals surface area contributed by atoms with Gasteiger partial charge in [0.15, 0.2) is 5.69 Å². The second kappa shape index (κ2) is 9.41. The second-order valence-electron chi connectivity index (χ2n) is 8.97. The molecule has 2 unspecified atom stereocenters. The third-order valence-corrected chi connectivity index (χ3v) is 5.43. The van der Waals surface area contributed by atoms with Crippen LogP contribution in [0.3, 0.4) is 0 Å². The monoisotopic (exact) mass is 412 g/mol. The first-order valence-corrected chi connectivity index (χ1v) is 10.9. The summed E-state index contributed by atoms with van der Waals surface area (Å²) >= 11 is 0. The van der Waals surface area contributed by atoms with E-state index >= 15 is 0 Å². The molecule has 1 fully saturated rings. The van der Waals surface area contributed by atoms with E-state index in [0.717, 1.165) is 19.3 Å². The summed E-state index contributed by atoms with van der Waals surface area (Å²) in [6.07, 6.45) is 3.18. The molecule has 0 bridgehead atoms. The molecule has 1 saturated carbocycles. The fourth-order valence-electron chi connectivity index (χ4n) is 4.09. The maximum Gasteiger partial charge on any atom is 0.274 e. The third-order valence-electron chi connectivity index (χ3n) is 5.43. The number of fused-ring (bicyclic) bond motifs is 1. The summed E-state index contributed by atoms with van der Waals surface area (Å²) in [5.74, 6) is -0.103. The molecule has 3 rings (SSSR count). The molecule has 2 amide bonds. The van der Waals surface area contributed by atoms with E-state index in [-0.39, 0.29) is 47.0 Å². The maximum absolute atomic E-state index is 13.1. The first-order chi connectivity index (χ1) is 14.3. The average molecular weight is 413 g/mol. The van der Waals surface area contributed by atoms with Gasteiger partial charge in [-0.25, -0.2) is 4.68 Å². The first kappa shape index (κ1) is 22.0. The van der Waals surface area contributed by atoms with E-state index in [9.17, 15) is 14.4 Å². The summed E-state index contributed by atoms with van der Waals surface area (Å²) in [4.78, 5) is 38.3. The van der Waals surface area contributed by atoms with Crippen LogP contribution in [-0.2, 0) is 11.3 Å². The van der Waals surface area contributed by atoms with Gasteiger partial charge in [-0.3, -0.25) is 14.4 Å². The highest BCUT2D eigenvalue weighted by Crippen LogP contribution is 2.25. The third kappa shape index (κ3) is 5.07. The Morgan fingerprint density at radius 1 is 1.13 bits per heavy atom. The Morgan fingerprint density at radius 2 is 1.83 bits per heavy atom. The number of benzene rings is 1. The van der Waals surface area contributed by atoms with Crippen LogP contribution in [-0.4, -0.2) is 33.7 Å². The molecule has 30 heavy (non-hydrogen) atoms. The fraction of sp³-hybridized carbons (Fsp3) is 0.565. The van der Waals surface area contributed by atoms with Gasteiger partial charge in [-0.15, -0.1) is 0 Å². The van der Waals surface area contributed by atoms with E-state index in [1.807, 2.05) is 27.7 Å². The van der Waals surface area contributed by atoms with Crippen LogP contribution < -0.4 is 16.2 Å². The molecule has 0 radical (unpaired) electrons. The first-order valence-electron chi connectivity index (χ1n) is 10.9. The average Bonchev–Trinajstić information content (AvgIpc) is 2.69. The standard InChI is InChI=1S/C23H32N4O3/c1-14(2)13-27-23(30)19-11-6-5-10-18(19)20(26-27)22(29)25-17-9-7-8-16(12-17)21(28)24-15(3)4/h5-6,10-11,14-17H,7-9,12-13H2,1-4H3,(H,24,28)(H,25,29). The Morgan fingerprint density at radius 3 is 2.50 bits per heavy atom. The summed E-state index contributed by atoms with van der Waals surface area (Å²) in [6, 6.07) is 7.12. The minimum atomic E-state index is -0.293. The van der Waals surface area contributed by atoms with Gasteiger partial charge in [-0.1, -0.05) is 38.5 Å². The predicted molar refractivity (Wildman–Crippen MR) is 117 cm³/mol. The summed E-state index contributed by atoms with van der Waals surface area (Å²) in [5.41, 5.74) is 0.0820. The second-order valence-corrected chi connectivity index (χ2v) is 8.97. The van der Waals surface area contributed by atoms with E-state index in [1.54, 1.807) is 24.3 Å². The summed E-state index contributed by atoms with van der Waals surface area (Å²) in [6.45, 7) is 8.36. The summed E-state index contributed by atoms with van der Waals surface area (Å²) in [7, 11) is 0. The van der Waals surface area contributed by atoms with E-state index < -0.39 is 0 Å². The Bertz CT molecular complexity index is 980. The van der Waals surface area contributed by atoms with E-state index in [1.165, 1.54) is 4.68 Å². The topological polar surface area (TPSA) is 93.1 Å². The molecule has 0 spiro atoms. The van der Waals surface area contributed by atoms with Crippen molar-refractivity contribution < 1.29 is 9.59 Å². The normalized spacial score (nSPS) is 19.3. The SMILES string of the molecule is CC(C)Cn1nc(C(=O)NC2CCCC(C(=O)NC(C)C)C2)c2ccccc2c1=O. The van der Waals surface area contributed by atoms with Crippen LogP contribution in [0.2, 0.25) is 0 Å². The van der Waals surface area contributed by atoms with Crippen LogP contribution in [0, 0.1) is 11.8 Å². The lowest BCUT2D eigenvalue weighted by Crippen LogP contribution is -2.44. The number of carbonyl (C=O) groups excluding carboxylic acids is 2. The number of amides is 2. The van der Waals surface area contributed by atoms with Gasteiger partial charge in [0.25, 0.3) is 11.5 Å². The molecule has 162 valence electrons. The van der Waals surface area contributed by atoms with Crippen molar-refractivity contribution in [1.82, 2.24) is 20.4 Å². The van der Waals surface area contributed by atoms with Crippen molar-refractivity contribution in [3.8, 4) is 0 Å². The Hall–Kier alpha value is -2.70. The van der Waals surface area contributed by atoms with Gasteiger partial charge in [-0.05, 0) is 45.1 Å². The molecule has 1 aromatic heterocycles.